The summed E-state index contributed by atoms with van der Waals surface area (Å²) in [5.74, 6) is 0.670. The van der Waals surface area contributed by atoms with E-state index < -0.39 is 0 Å². The summed E-state index contributed by atoms with van der Waals surface area (Å²) >= 11 is 0. The molecule has 0 aromatic carbocycles. The Hall–Kier alpha value is -0.830. The summed E-state index contributed by atoms with van der Waals surface area (Å²) in [6, 6.07) is 2.09. The number of hydrogen-bond acceptors (Lipinski definition) is 2. The van der Waals surface area contributed by atoms with E-state index in [0.717, 1.165) is 18.5 Å². The minimum Gasteiger partial charge on any atom is -0.324 e. The molecule has 0 amide bonds. The van der Waals surface area contributed by atoms with Crippen LogP contribution in [0.3, 0.4) is 0 Å². The fourth-order valence-electron chi connectivity index (χ4n) is 3.07. The van der Waals surface area contributed by atoms with Gasteiger partial charge in [-0.15, -0.1) is 0 Å². The van der Waals surface area contributed by atoms with Crippen LogP contribution in [0.5, 0.6) is 0 Å². The highest BCUT2D eigenvalue weighted by molar-refractivity contribution is 5.08. The normalized spacial score (nSPS) is 30.6. The molecule has 3 nitrogen and oxygen atoms in total. The smallest absolute Gasteiger partial charge is 0.0642 e. The fraction of sp³-hybridized carbons (Fsp3) is 0.769. The highest BCUT2D eigenvalue weighted by atomic mass is 15.2. The van der Waals surface area contributed by atoms with Crippen molar-refractivity contribution in [2.24, 2.45) is 18.7 Å². The lowest BCUT2D eigenvalue weighted by Crippen LogP contribution is -2.50. The Labute approximate surface area is 98.0 Å². The highest BCUT2D eigenvalue weighted by Crippen LogP contribution is 2.36. The number of nitrogens with two attached hydrogens (primary N) is 1. The van der Waals surface area contributed by atoms with E-state index in [1.165, 1.54) is 25.7 Å². The molecule has 3 heteroatoms. The number of rotatable bonds is 3. The molecule has 0 radical (unpaired) electrons. The van der Waals surface area contributed by atoms with Crippen molar-refractivity contribution in [3.63, 3.8) is 0 Å². The Kier molecular flexibility index (Phi) is 3.33. The maximum absolute atomic E-state index is 6.61. The summed E-state index contributed by atoms with van der Waals surface area (Å²) in [7, 11) is 1.96. The summed E-state index contributed by atoms with van der Waals surface area (Å²) in [5.41, 5.74) is 7.74. The van der Waals surface area contributed by atoms with Gasteiger partial charge in [0.05, 0.1) is 5.69 Å². The van der Waals surface area contributed by atoms with Gasteiger partial charge in [0.25, 0.3) is 0 Å². The molecular formula is C13H23N3. The van der Waals surface area contributed by atoms with Gasteiger partial charge < -0.3 is 5.73 Å². The molecule has 1 aliphatic rings. The number of aryl methyl sites for hydroxylation is 1. The monoisotopic (exact) mass is 221 g/mol. The van der Waals surface area contributed by atoms with Gasteiger partial charge >= 0.3 is 0 Å². The number of nitrogens with zero attached hydrogens (tertiary/aromatic N) is 2. The third kappa shape index (κ3) is 2.29. The minimum atomic E-state index is -0.0125. The van der Waals surface area contributed by atoms with Gasteiger partial charge in [-0.2, -0.15) is 5.10 Å². The van der Waals surface area contributed by atoms with Gasteiger partial charge in [0.1, 0.15) is 0 Å². The molecule has 1 saturated carbocycles. The summed E-state index contributed by atoms with van der Waals surface area (Å²) in [6.07, 6.45) is 9.21. The lowest BCUT2D eigenvalue weighted by atomic mass is 9.70. The van der Waals surface area contributed by atoms with Gasteiger partial charge in [-0.25, -0.2) is 0 Å². The molecule has 0 aliphatic heterocycles. The molecule has 2 unspecified atom stereocenters. The van der Waals surface area contributed by atoms with Gasteiger partial charge in [0.2, 0.25) is 0 Å². The van der Waals surface area contributed by atoms with Crippen LogP contribution in [-0.4, -0.2) is 15.3 Å². The van der Waals surface area contributed by atoms with E-state index in [-0.39, 0.29) is 5.54 Å². The van der Waals surface area contributed by atoms with Crippen molar-refractivity contribution in [1.82, 2.24) is 9.78 Å². The summed E-state index contributed by atoms with van der Waals surface area (Å²) in [4.78, 5) is 0. The van der Waals surface area contributed by atoms with Crippen LogP contribution in [0.1, 0.15) is 44.7 Å². The maximum atomic E-state index is 6.61. The summed E-state index contributed by atoms with van der Waals surface area (Å²) < 4.78 is 1.86. The molecule has 16 heavy (non-hydrogen) atoms. The van der Waals surface area contributed by atoms with Crippen LogP contribution in [0.25, 0.3) is 0 Å². The van der Waals surface area contributed by atoms with E-state index in [2.05, 4.69) is 18.1 Å². The molecule has 1 aromatic rings. The predicted molar refractivity (Wildman–Crippen MR) is 66.1 cm³/mol. The van der Waals surface area contributed by atoms with Crippen LogP contribution in [0.15, 0.2) is 12.3 Å². The quantitative estimate of drug-likeness (QED) is 0.851. The van der Waals surface area contributed by atoms with Crippen molar-refractivity contribution in [2.45, 2.75) is 51.0 Å². The predicted octanol–water partition coefficient (Wildman–Crippen LogP) is 2.26. The topological polar surface area (TPSA) is 43.8 Å². The van der Waals surface area contributed by atoms with E-state index in [9.17, 15) is 0 Å². The molecule has 0 bridgehead atoms. The van der Waals surface area contributed by atoms with E-state index in [1.54, 1.807) is 0 Å². The zero-order chi connectivity index (χ0) is 11.6. The first-order chi connectivity index (χ1) is 7.64. The van der Waals surface area contributed by atoms with Gasteiger partial charge in [-0.1, -0.05) is 26.2 Å². The molecule has 1 aromatic heterocycles. The first-order valence-electron chi connectivity index (χ1n) is 6.41. The first kappa shape index (κ1) is 11.6. The Bertz CT molecular complexity index is 345. The molecule has 2 atom stereocenters. The van der Waals surface area contributed by atoms with E-state index in [0.29, 0.717) is 5.92 Å². The number of aromatic nitrogens is 2. The van der Waals surface area contributed by atoms with E-state index in [4.69, 9.17) is 5.73 Å². The zero-order valence-electron chi connectivity index (χ0n) is 10.4. The third-order valence-electron chi connectivity index (χ3n) is 4.03. The molecule has 2 N–H and O–H groups in total. The lowest BCUT2D eigenvalue weighted by Gasteiger charge is -2.40. The summed E-state index contributed by atoms with van der Waals surface area (Å²) in [6.45, 7) is 2.26. The van der Waals surface area contributed by atoms with Gasteiger partial charge in [0, 0.05) is 25.2 Å². The van der Waals surface area contributed by atoms with Crippen molar-refractivity contribution >= 4 is 0 Å². The minimum absolute atomic E-state index is 0.0125. The second kappa shape index (κ2) is 4.58. The molecule has 0 saturated heterocycles. The Morgan fingerprint density at radius 1 is 1.56 bits per heavy atom. The van der Waals surface area contributed by atoms with Crippen LogP contribution in [0, 0.1) is 5.92 Å². The standard InChI is InChI=1S/C13H23N3/c1-3-11-6-4-5-8-13(11,14)10-12-7-9-16(2)15-12/h7,9,11H,3-6,8,10,14H2,1-2H3. The lowest BCUT2D eigenvalue weighted by molar-refractivity contribution is 0.181. The van der Waals surface area contributed by atoms with Gasteiger partial charge in [-0.3, -0.25) is 4.68 Å². The maximum Gasteiger partial charge on any atom is 0.0642 e. The van der Waals surface area contributed by atoms with Crippen molar-refractivity contribution < 1.29 is 0 Å². The van der Waals surface area contributed by atoms with Gasteiger partial charge in [-0.05, 0) is 24.8 Å². The average Bonchev–Trinajstić information content (AvgIpc) is 2.64. The van der Waals surface area contributed by atoms with Crippen LogP contribution in [0.2, 0.25) is 0 Å². The van der Waals surface area contributed by atoms with Crippen LogP contribution in [0.4, 0.5) is 0 Å². The molecular weight excluding hydrogens is 198 g/mol. The van der Waals surface area contributed by atoms with Crippen molar-refractivity contribution in [3.8, 4) is 0 Å². The van der Waals surface area contributed by atoms with Crippen molar-refractivity contribution in [1.29, 1.82) is 0 Å². The molecule has 2 rings (SSSR count). The molecule has 1 fully saturated rings. The molecule has 0 spiro atoms. The summed E-state index contributed by atoms with van der Waals surface area (Å²) in [5, 5.41) is 4.46. The van der Waals surface area contributed by atoms with Crippen molar-refractivity contribution in [2.75, 3.05) is 0 Å². The highest BCUT2D eigenvalue weighted by Gasteiger charge is 2.36. The van der Waals surface area contributed by atoms with Gasteiger partial charge in [0.15, 0.2) is 0 Å². The molecule has 1 heterocycles. The van der Waals surface area contributed by atoms with E-state index in [1.807, 2.05) is 17.9 Å². The Morgan fingerprint density at radius 3 is 3.00 bits per heavy atom. The Balaban J connectivity index is 2.10. The zero-order valence-corrected chi connectivity index (χ0v) is 10.4. The van der Waals surface area contributed by atoms with Crippen LogP contribution < -0.4 is 5.73 Å². The first-order valence-corrected chi connectivity index (χ1v) is 6.41. The largest absolute Gasteiger partial charge is 0.324 e. The fourth-order valence-corrected chi connectivity index (χ4v) is 3.07. The second-order valence-corrected chi connectivity index (χ2v) is 5.24. The molecule has 90 valence electrons. The Morgan fingerprint density at radius 2 is 2.38 bits per heavy atom. The van der Waals surface area contributed by atoms with Crippen LogP contribution >= 0.6 is 0 Å². The number of hydrogen-bond donors (Lipinski definition) is 1. The van der Waals surface area contributed by atoms with E-state index >= 15 is 0 Å². The average molecular weight is 221 g/mol. The molecule has 1 aliphatic carbocycles. The van der Waals surface area contributed by atoms with Crippen LogP contribution in [-0.2, 0) is 13.5 Å². The van der Waals surface area contributed by atoms with Crippen molar-refractivity contribution in [3.05, 3.63) is 18.0 Å². The second-order valence-electron chi connectivity index (χ2n) is 5.24. The third-order valence-corrected chi connectivity index (χ3v) is 4.03. The SMILES string of the molecule is CCC1CCCCC1(N)Cc1ccn(C)n1.